The first-order chi connectivity index (χ1) is 6.92. The number of carboxylic acids is 1. The zero-order valence-corrected chi connectivity index (χ0v) is 10.3. The lowest BCUT2D eigenvalue weighted by Crippen LogP contribution is -2.45. The first kappa shape index (κ1) is 12.5. The number of aryl methyl sites for hydroxylation is 1. The minimum atomic E-state index is -1.14. The molecule has 1 aromatic heterocycles. The van der Waals surface area contributed by atoms with Crippen LogP contribution >= 0.6 is 23.1 Å². The molecule has 1 aromatic rings. The lowest BCUT2D eigenvalue weighted by molar-refractivity contribution is -0.142. The van der Waals surface area contributed by atoms with Gasteiger partial charge in [0.25, 0.3) is 0 Å². The predicted molar refractivity (Wildman–Crippen MR) is 62.4 cm³/mol. The number of nitrogens with zero attached hydrogens (tertiary/aromatic N) is 1. The molecule has 1 rings (SSSR count). The third kappa shape index (κ3) is 3.81. The molecule has 0 aliphatic rings. The Hall–Kier alpha value is -0.590. The van der Waals surface area contributed by atoms with E-state index in [9.17, 15) is 4.79 Å². The number of hydrogen-bond acceptors (Lipinski definition) is 5. The van der Waals surface area contributed by atoms with Crippen molar-refractivity contribution in [2.45, 2.75) is 30.1 Å². The van der Waals surface area contributed by atoms with Crippen LogP contribution in [0.3, 0.4) is 0 Å². The number of carboxylic acid groups (broad SMARTS) is 1. The van der Waals surface area contributed by atoms with Crippen molar-refractivity contribution in [2.24, 2.45) is 5.73 Å². The number of nitrogens with two attached hydrogens (primary N) is 1. The molecule has 1 heterocycles. The molecule has 0 bridgehead atoms. The van der Waals surface area contributed by atoms with Crippen LogP contribution in [0.5, 0.6) is 0 Å². The van der Waals surface area contributed by atoms with E-state index in [-0.39, 0.29) is 0 Å². The van der Waals surface area contributed by atoms with E-state index in [1.165, 1.54) is 6.92 Å². The first-order valence-electron chi connectivity index (χ1n) is 4.49. The summed E-state index contributed by atoms with van der Waals surface area (Å²) in [7, 11) is 0. The smallest absolute Gasteiger partial charge is 0.323 e. The van der Waals surface area contributed by atoms with E-state index in [1.807, 2.05) is 12.3 Å². The van der Waals surface area contributed by atoms with Crippen molar-refractivity contribution in [3.63, 3.8) is 0 Å². The van der Waals surface area contributed by atoms with Gasteiger partial charge in [0.2, 0.25) is 0 Å². The van der Waals surface area contributed by atoms with E-state index in [4.69, 9.17) is 10.8 Å². The molecule has 6 heteroatoms. The van der Waals surface area contributed by atoms with Gasteiger partial charge in [-0.25, -0.2) is 4.98 Å². The molecular weight excluding hydrogens is 232 g/mol. The highest BCUT2D eigenvalue weighted by Crippen LogP contribution is 2.24. The number of aromatic nitrogens is 1. The monoisotopic (exact) mass is 246 g/mol. The number of rotatable bonds is 5. The average Bonchev–Trinajstić information content (AvgIpc) is 2.51. The quantitative estimate of drug-likeness (QED) is 0.774. The number of thiazole rings is 1. The maximum Gasteiger partial charge on any atom is 0.323 e. The van der Waals surface area contributed by atoms with Crippen molar-refractivity contribution >= 4 is 29.1 Å². The fourth-order valence-corrected chi connectivity index (χ4v) is 2.95. The Morgan fingerprint density at radius 2 is 2.47 bits per heavy atom. The van der Waals surface area contributed by atoms with Crippen molar-refractivity contribution < 1.29 is 9.90 Å². The van der Waals surface area contributed by atoms with Crippen LogP contribution in [-0.4, -0.2) is 27.4 Å². The summed E-state index contributed by atoms with van der Waals surface area (Å²) in [5.74, 6) is -0.287. The van der Waals surface area contributed by atoms with Crippen molar-refractivity contribution in [1.29, 1.82) is 0 Å². The zero-order chi connectivity index (χ0) is 11.5. The van der Waals surface area contributed by atoms with E-state index < -0.39 is 11.5 Å². The van der Waals surface area contributed by atoms with Gasteiger partial charge in [-0.1, -0.05) is 11.8 Å². The highest BCUT2D eigenvalue weighted by Gasteiger charge is 2.27. The van der Waals surface area contributed by atoms with Crippen LogP contribution in [0, 0.1) is 6.92 Å². The van der Waals surface area contributed by atoms with Crippen LogP contribution in [0.2, 0.25) is 0 Å². The minimum absolute atomic E-state index is 0.436. The maximum absolute atomic E-state index is 10.7. The van der Waals surface area contributed by atoms with Gasteiger partial charge in [0.1, 0.15) is 9.88 Å². The standard InChI is InChI=1S/C9H14N2O2S2/c1-6-5-15-8(11-6)14-4-3-9(2,10)7(12)13/h5H,3-4,10H2,1-2H3,(H,12,13). The molecule has 4 nitrogen and oxygen atoms in total. The molecule has 1 unspecified atom stereocenters. The number of hydrogen-bond donors (Lipinski definition) is 2. The molecule has 0 fully saturated rings. The van der Waals surface area contributed by atoms with Crippen LogP contribution < -0.4 is 5.73 Å². The highest BCUT2D eigenvalue weighted by molar-refractivity contribution is 8.01. The van der Waals surface area contributed by atoms with E-state index >= 15 is 0 Å². The van der Waals surface area contributed by atoms with Gasteiger partial charge in [-0.2, -0.15) is 0 Å². The summed E-state index contributed by atoms with van der Waals surface area (Å²) >= 11 is 3.12. The summed E-state index contributed by atoms with van der Waals surface area (Å²) in [6.45, 7) is 3.47. The molecule has 0 amide bonds. The topological polar surface area (TPSA) is 76.2 Å². The average molecular weight is 246 g/mol. The summed E-state index contributed by atoms with van der Waals surface area (Å²) in [6.07, 6.45) is 0.436. The van der Waals surface area contributed by atoms with Crippen LogP contribution in [-0.2, 0) is 4.79 Å². The molecule has 84 valence electrons. The number of aliphatic carboxylic acids is 1. The Labute approximate surface area is 96.9 Å². The van der Waals surface area contributed by atoms with Gasteiger partial charge < -0.3 is 10.8 Å². The molecule has 0 spiro atoms. The fraction of sp³-hybridized carbons (Fsp3) is 0.556. The van der Waals surface area contributed by atoms with Crippen LogP contribution in [0.15, 0.2) is 9.72 Å². The Morgan fingerprint density at radius 3 is 2.93 bits per heavy atom. The SMILES string of the molecule is Cc1csc(SCCC(C)(N)C(=O)O)n1. The van der Waals surface area contributed by atoms with E-state index in [0.29, 0.717) is 12.2 Å². The molecule has 0 radical (unpaired) electrons. The fourth-order valence-electron chi connectivity index (χ4n) is 0.856. The van der Waals surface area contributed by atoms with E-state index in [1.54, 1.807) is 23.1 Å². The van der Waals surface area contributed by atoms with Crippen molar-refractivity contribution in [1.82, 2.24) is 4.98 Å². The predicted octanol–water partition coefficient (Wildman–Crippen LogP) is 1.74. The molecule has 15 heavy (non-hydrogen) atoms. The van der Waals surface area contributed by atoms with Gasteiger partial charge in [0.15, 0.2) is 0 Å². The number of carbonyl (C=O) groups is 1. The number of thioether (sulfide) groups is 1. The largest absolute Gasteiger partial charge is 0.480 e. The Morgan fingerprint density at radius 1 is 1.80 bits per heavy atom. The van der Waals surface area contributed by atoms with Gasteiger partial charge in [-0.05, 0) is 20.3 Å². The summed E-state index contributed by atoms with van der Waals surface area (Å²) in [6, 6.07) is 0. The van der Waals surface area contributed by atoms with Crippen molar-refractivity contribution in [2.75, 3.05) is 5.75 Å². The Balaban J connectivity index is 2.36. The highest BCUT2D eigenvalue weighted by atomic mass is 32.2. The van der Waals surface area contributed by atoms with Gasteiger partial charge in [-0.15, -0.1) is 11.3 Å². The van der Waals surface area contributed by atoms with Gasteiger partial charge in [-0.3, -0.25) is 4.79 Å². The first-order valence-corrected chi connectivity index (χ1v) is 6.35. The van der Waals surface area contributed by atoms with Gasteiger partial charge in [0.05, 0.1) is 0 Å². The van der Waals surface area contributed by atoms with E-state index in [0.717, 1.165) is 10.0 Å². The molecule has 0 aliphatic carbocycles. The third-order valence-electron chi connectivity index (χ3n) is 1.93. The molecule has 0 aliphatic heterocycles. The van der Waals surface area contributed by atoms with E-state index in [2.05, 4.69) is 4.98 Å². The molecule has 0 saturated carbocycles. The second-order valence-electron chi connectivity index (χ2n) is 3.58. The molecule has 0 aromatic carbocycles. The second-order valence-corrected chi connectivity index (χ2v) is 5.78. The summed E-state index contributed by atoms with van der Waals surface area (Å²) in [5.41, 5.74) is 5.46. The van der Waals surface area contributed by atoms with Crippen LogP contribution in [0.4, 0.5) is 0 Å². The second kappa shape index (κ2) is 4.96. The van der Waals surface area contributed by atoms with Crippen molar-refractivity contribution in [3.8, 4) is 0 Å². The normalized spacial score (nSPS) is 14.9. The van der Waals surface area contributed by atoms with Crippen LogP contribution in [0.25, 0.3) is 0 Å². The lowest BCUT2D eigenvalue weighted by atomic mass is 10.0. The molecule has 3 N–H and O–H groups in total. The maximum atomic E-state index is 10.7. The molecule has 0 saturated heterocycles. The summed E-state index contributed by atoms with van der Waals surface area (Å²) in [4.78, 5) is 15.0. The Bertz CT molecular complexity index is 350. The lowest BCUT2D eigenvalue weighted by Gasteiger charge is -2.17. The summed E-state index contributed by atoms with van der Waals surface area (Å²) in [5, 5.41) is 10.8. The third-order valence-corrected chi connectivity index (χ3v) is 4.07. The minimum Gasteiger partial charge on any atom is -0.480 e. The van der Waals surface area contributed by atoms with Crippen LogP contribution in [0.1, 0.15) is 19.0 Å². The van der Waals surface area contributed by atoms with Gasteiger partial charge in [0, 0.05) is 16.8 Å². The Kier molecular flexibility index (Phi) is 4.12. The summed E-state index contributed by atoms with van der Waals surface area (Å²) < 4.78 is 0.966. The zero-order valence-electron chi connectivity index (χ0n) is 8.69. The van der Waals surface area contributed by atoms with Crippen molar-refractivity contribution in [3.05, 3.63) is 11.1 Å². The molecule has 1 atom stereocenters. The van der Waals surface area contributed by atoms with Gasteiger partial charge >= 0.3 is 5.97 Å². The molecular formula is C9H14N2O2S2.